The quantitative estimate of drug-likeness (QED) is 0.671. The number of carbonyl (C=O) groups is 1. The third-order valence-electron chi connectivity index (χ3n) is 2.82. The van der Waals surface area contributed by atoms with Crippen molar-refractivity contribution in [3.05, 3.63) is 35.1 Å². The Balaban J connectivity index is 2.09. The Bertz CT molecular complexity index is 560. The molecular weight excluding hydrogens is 303 g/mol. The van der Waals surface area contributed by atoms with Crippen LogP contribution in [-0.4, -0.2) is 23.4 Å². The molecule has 21 heavy (non-hydrogen) atoms. The fourth-order valence-electron chi connectivity index (χ4n) is 1.90. The summed E-state index contributed by atoms with van der Waals surface area (Å²) in [6.45, 7) is 5.25. The molecule has 1 fully saturated rings. The number of hydrogen-bond donors (Lipinski definition) is 1. The van der Waals surface area contributed by atoms with Gasteiger partial charge in [-0.2, -0.15) is 0 Å². The first-order valence-electron chi connectivity index (χ1n) is 6.43. The maximum absolute atomic E-state index is 13.7. The number of esters is 1. The van der Waals surface area contributed by atoms with Gasteiger partial charge in [0.05, 0.1) is 5.37 Å². The van der Waals surface area contributed by atoms with Gasteiger partial charge in [0.15, 0.2) is 17.5 Å². The van der Waals surface area contributed by atoms with E-state index in [0.29, 0.717) is 5.75 Å². The minimum Gasteiger partial charge on any atom is -0.459 e. The Morgan fingerprint density at radius 1 is 1.29 bits per heavy atom. The second-order valence-corrected chi connectivity index (χ2v) is 6.87. The summed E-state index contributed by atoms with van der Waals surface area (Å²) in [5, 5.41) is 2.26. The van der Waals surface area contributed by atoms with Crippen LogP contribution in [0.3, 0.4) is 0 Å². The van der Waals surface area contributed by atoms with Gasteiger partial charge in [0.1, 0.15) is 11.6 Å². The van der Waals surface area contributed by atoms with E-state index in [4.69, 9.17) is 4.74 Å². The fourth-order valence-corrected chi connectivity index (χ4v) is 3.14. The summed E-state index contributed by atoms with van der Waals surface area (Å²) in [4.78, 5) is 11.9. The summed E-state index contributed by atoms with van der Waals surface area (Å²) < 4.78 is 45.1. The van der Waals surface area contributed by atoms with Gasteiger partial charge in [-0.25, -0.2) is 13.2 Å². The van der Waals surface area contributed by atoms with Crippen LogP contribution in [0.25, 0.3) is 0 Å². The van der Waals surface area contributed by atoms with Crippen LogP contribution in [0, 0.1) is 17.5 Å². The van der Waals surface area contributed by atoms with Gasteiger partial charge in [0, 0.05) is 11.3 Å². The molecule has 0 amide bonds. The zero-order valence-corrected chi connectivity index (χ0v) is 12.7. The largest absolute Gasteiger partial charge is 0.459 e. The lowest BCUT2D eigenvalue weighted by atomic mass is 10.1. The highest BCUT2D eigenvalue weighted by atomic mass is 32.2. The normalized spacial score (nSPS) is 22.4. The molecule has 0 aliphatic carbocycles. The van der Waals surface area contributed by atoms with Crippen molar-refractivity contribution in [3.8, 4) is 0 Å². The molecule has 1 saturated heterocycles. The van der Waals surface area contributed by atoms with Crippen molar-refractivity contribution in [1.82, 2.24) is 5.32 Å². The SMILES string of the molecule is CC(C)(C)OC(=O)[C@H]1CSC(c2ccc(F)c(F)c2F)N1. The van der Waals surface area contributed by atoms with E-state index < -0.39 is 40.4 Å². The first-order valence-corrected chi connectivity index (χ1v) is 7.48. The van der Waals surface area contributed by atoms with Crippen molar-refractivity contribution in [2.75, 3.05) is 5.75 Å². The third kappa shape index (κ3) is 3.71. The molecule has 1 aliphatic rings. The number of thioether (sulfide) groups is 1. The summed E-state index contributed by atoms with van der Waals surface area (Å²) in [7, 11) is 0. The number of carbonyl (C=O) groups excluding carboxylic acids is 1. The highest BCUT2D eigenvalue weighted by molar-refractivity contribution is 7.99. The molecule has 0 radical (unpaired) electrons. The molecule has 0 aromatic heterocycles. The average Bonchev–Trinajstić information content (AvgIpc) is 2.83. The molecule has 1 heterocycles. The smallest absolute Gasteiger partial charge is 0.324 e. The summed E-state index contributed by atoms with van der Waals surface area (Å²) in [6.07, 6.45) is 0. The van der Waals surface area contributed by atoms with E-state index in [9.17, 15) is 18.0 Å². The van der Waals surface area contributed by atoms with E-state index in [0.717, 1.165) is 6.07 Å². The van der Waals surface area contributed by atoms with Gasteiger partial charge in [0.2, 0.25) is 0 Å². The van der Waals surface area contributed by atoms with Crippen LogP contribution < -0.4 is 5.32 Å². The molecule has 0 bridgehead atoms. The van der Waals surface area contributed by atoms with E-state index in [2.05, 4.69) is 5.32 Å². The lowest BCUT2D eigenvalue weighted by molar-refractivity contribution is -0.156. The highest BCUT2D eigenvalue weighted by Crippen LogP contribution is 2.35. The number of ether oxygens (including phenoxy) is 1. The average molecular weight is 319 g/mol. The number of nitrogens with one attached hydrogen (secondary N) is 1. The second kappa shape index (κ2) is 5.88. The minimum atomic E-state index is -1.50. The van der Waals surface area contributed by atoms with Crippen LogP contribution in [0.2, 0.25) is 0 Å². The van der Waals surface area contributed by atoms with Gasteiger partial charge < -0.3 is 4.74 Å². The predicted molar refractivity (Wildman–Crippen MR) is 74.3 cm³/mol. The van der Waals surface area contributed by atoms with Crippen molar-refractivity contribution in [2.24, 2.45) is 0 Å². The zero-order valence-electron chi connectivity index (χ0n) is 11.9. The Hall–Kier alpha value is -1.21. The Kier molecular flexibility index (Phi) is 4.53. The van der Waals surface area contributed by atoms with Crippen molar-refractivity contribution in [3.63, 3.8) is 0 Å². The Morgan fingerprint density at radius 2 is 1.95 bits per heavy atom. The predicted octanol–water partition coefficient (Wildman–Crippen LogP) is 3.15. The van der Waals surface area contributed by atoms with E-state index >= 15 is 0 Å². The molecule has 1 aliphatic heterocycles. The van der Waals surface area contributed by atoms with Crippen molar-refractivity contribution in [1.29, 1.82) is 0 Å². The van der Waals surface area contributed by atoms with Gasteiger partial charge in [-0.1, -0.05) is 6.07 Å². The summed E-state index contributed by atoms with van der Waals surface area (Å²) in [6, 6.07) is 1.44. The first-order chi connectivity index (χ1) is 9.69. The van der Waals surface area contributed by atoms with Crippen LogP contribution in [0.5, 0.6) is 0 Å². The fraction of sp³-hybridized carbons (Fsp3) is 0.500. The van der Waals surface area contributed by atoms with Crippen LogP contribution in [-0.2, 0) is 9.53 Å². The standard InChI is InChI=1S/C14H16F3NO2S/c1-14(2,3)20-13(19)9-6-21-12(18-9)7-4-5-8(15)11(17)10(7)16/h4-5,9,12,18H,6H2,1-3H3/t9-,12?/m1/s1. The maximum Gasteiger partial charge on any atom is 0.324 e. The molecule has 1 aromatic carbocycles. The first kappa shape index (κ1) is 16.2. The third-order valence-corrected chi connectivity index (χ3v) is 4.07. The molecule has 1 unspecified atom stereocenters. The molecule has 116 valence electrons. The molecule has 1 N–H and O–H groups in total. The summed E-state index contributed by atoms with van der Waals surface area (Å²) in [5.74, 6) is -4.04. The van der Waals surface area contributed by atoms with Crippen LogP contribution in [0.1, 0.15) is 31.7 Å². The van der Waals surface area contributed by atoms with Crippen molar-refractivity contribution >= 4 is 17.7 Å². The van der Waals surface area contributed by atoms with Crippen LogP contribution >= 0.6 is 11.8 Å². The van der Waals surface area contributed by atoms with Gasteiger partial charge >= 0.3 is 5.97 Å². The lowest BCUT2D eigenvalue weighted by Crippen LogP contribution is -2.39. The minimum absolute atomic E-state index is 0.00930. The number of halogens is 3. The van der Waals surface area contributed by atoms with Crippen molar-refractivity contribution < 1.29 is 22.7 Å². The second-order valence-electron chi connectivity index (χ2n) is 5.73. The molecule has 3 nitrogen and oxygen atoms in total. The highest BCUT2D eigenvalue weighted by Gasteiger charge is 2.35. The van der Waals surface area contributed by atoms with Gasteiger partial charge in [0.25, 0.3) is 0 Å². The summed E-state index contributed by atoms with van der Waals surface area (Å²) in [5.41, 5.74) is -0.626. The monoisotopic (exact) mass is 319 g/mol. The van der Waals surface area contributed by atoms with Crippen LogP contribution in [0.4, 0.5) is 13.2 Å². The topological polar surface area (TPSA) is 38.3 Å². The van der Waals surface area contributed by atoms with Gasteiger partial charge in [-0.15, -0.1) is 11.8 Å². The molecular formula is C14H16F3NO2S. The number of benzene rings is 1. The number of rotatable bonds is 2. The van der Waals surface area contributed by atoms with E-state index in [1.54, 1.807) is 20.8 Å². The van der Waals surface area contributed by atoms with Gasteiger partial charge in [-0.05, 0) is 26.8 Å². The molecule has 7 heteroatoms. The van der Waals surface area contributed by atoms with Crippen molar-refractivity contribution in [2.45, 2.75) is 37.8 Å². The molecule has 2 atom stereocenters. The molecule has 2 rings (SSSR count). The molecule has 0 spiro atoms. The Labute approximate surface area is 125 Å². The zero-order chi connectivity index (χ0) is 15.8. The molecule has 1 aromatic rings. The lowest BCUT2D eigenvalue weighted by Gasteiger charge is -2.22. The molecule has 0 saturated carbocycles. The van der Waals surface area contributed by atoms with E-state index in [1.807, 2.05) is 0 Å². The summed E-state index contributed by atoms with van der Waals surface area (Å²) >= 11 is 1.25. The van der Waals surface area contributed by atoms with Gasteiger partial charge in [-0.3, -0.25) is 10.1 Å². The number of hydrogen-bond acceptors (Lipinski definition) is 4. The maximum atomic E-state index is 13.7. The van der Waals surface area contributed by atoms with E-state index in [1.165, 1.54) is 17.8 Å². The Morgan fingerprint density at radius 3 is 2.57 bits per heavy atom. The van der Waals surface area contributed by atoms with E-state index in [-0.39, 0.29) is 5.56 Å². The van der Waals surface area contributed by atoms with Crippen LogP contribution in [0.15, 0.2) is 12.1 Å².